The van der Waals surface area contributed by atoms with Gasteiger partial charge in [0.1, 0.15) is 4.32 Å². The lowest BCUT2D eigenvalue weighted by Gasteiger charge is -2.13. The van der Waals surface area contributed by atoms with Crippen molar-refractivity contribution in [3.63, 3.8) is 0 Å². The summed E-state index contributed by atoms with van der Waals surface area (Å²) in [5.74, 6) is -0.386. The fourth-order valence-corrected chi connectivity index (χ4v) is 4.42. The van der Waals surface area contributed by atoms with Crippen LogP contribution in [0.3, 0.4) is 0 Å². The van der Waals surface area contributed by atoms with Crippen molar-refractivity contribution in [2.24, 2.45) is 0 Å². The van der Waals surface area contributed by atoms with Crippen molar-refractivity contribution in [1.82, 2.24) is 10.9 Å². The number of thiocarbonyl (C=S) groups is 1. The minimum absolute atomic E-state index is 0.166. The van der Waals surface area contributed by atoms with E-state index in [-0.39, 0.29) is 22.6 Å². The number of hydrazine groups is 1. The number of rotatable bonds is 4. The van der Waals surface area contributed by atoms with E-state index in [4.69, 9.17) is 12.2 Å². The summed E-state index contributed by atoms with van der Waals surface area (Å²) in [5.41, 5.74) is 7.76. The SMILES string of the molecule is O=C(Cc1c(NC(=O)c2ccccc2)sc2c1CCCC2)NNC(=S)S. The normalized spacial score (nSPS) is 12.8. The van der Waals surface area contributed by atoms with Crippen LogP contribution < -0.4 is 16.2 Å². The molecule has 1 aliphatic carbocycles. The number of aryl methyl sites for hydroxylation is 1. The number of anilines is 1. The lowest BCUT2D eigenvalue weighted by Crippen LogP contribution is -2.39. The number of benzene rings is 1. The van der Waals surface area contributed by atoms with E-state index in [0.29, 0.717) is 5.56 Å². The van der Waals surface area contributed by atoms with Crippen LogP contribution in [-0.2, 0) is 24.1 Å². The van der Waals surface area contributed by atoms with E-state index < -0.39 is 0 Å². The fourth-order valence-electron chi connectivity index (χ4n) is 3.01. The molecule has 1 aliphatic rings. The van der Waals surface area contributed by atoms with Gasteiger partial charge in [0.15, 0.2) is 0 Å². The van der Waals surface area contributed by atoms with Gasteiger partial charge in [-0.25, -0.2) is 0 Å². The van der Waals surface area contributed by atoms with Crippen molar-refractivity contribution in [2.45, 2.75) is 32.1 Å². The van der Waals surface area contributed by atoms with Gasteiger partial charge in [0.25, 0.3) is 5.91 Å². The van der Waals surface area contributed by atoms with Crippen molar-refractivity contribution < 1.29 is 9.59 Å². The van der Waals surface area contributed by atoms with Gasteiger partial charge in [0.05, 0.1) is 11.4 Å². The molecular weight excluding hydrogens is 386 g/mol. The minimum atomic E-state index is -0.220. The maximum absolute atomic E-state index is 12.5. The van der Waals surface area contributed by atoms with Gasteiger partial charge in [0, 0.05) is 10.4 Å². The highest BCUT2D eigenvalue weighted by atomic mass is 32.1. The smallest absolute Gasteiger partial charge is 0.256 e. The second-order valence-corrected chi connectivity index (χ2v) is 8.26. The van der Waals surface area contributed by atoms with Crippen molar-refractivity contribution in [3.05, 3.63) is 51.9 Å². The number of amides is 2. The molecule has 2 aromatic rings. The van der Waals surface area contributed by atoms with Crippen molar-refractivity contribution in [3.8, 4) is 0 Å². The Kier molecular flexibility index (Phi) is 6.29. The Labute approximate surface area is 166 Å². The Morgan fingerprint density at radius 3 is 2.58 bits per heavy atom. The molecule has 1 aromatic heterocycles. The fraction of sp³-hybridized carbons (Fsp3) is 0.278. The zero-order valence-corrected chi connectivity index (χ0v) is 16.5. The van der Waals surface area contributed by atoms with Crippen LogP contribution in [0.2, 0.25) is 0 Å². The molecule has 0 unspecified atom stereocenters. The monoisotopic (exact) mass is 405 g/mol. The first kappa shape index (κ1) is 18.9. The van der Waals surface area contributed by atoms with Gasteiger partial charge >= 0.3 is 0 Å². The molecule has 3 rings (SSSR count). The predicted octanol–water partition coefficient (Wildman–Crippen LogP) is 3.26. The molecule has 2 amide bonds. The number of fused-ring (bicyclic) bond motifs is 1. The van der Waals surface area contributed by atoms with Gasteiger partial charge in [0.2, 0.25) is 5.91 Å². The average molecular weight is 406 g/mol. The van der Waals surface area contributed by atoms with Crippen LogP contribution in [-0.4, -0.2) is 16.1 Å². The van der Waals surface area contributed by atoms with E-state index in [1.165, 1.54) is 10.4 Å². The quantitative estimate of drug-likeness (QED) is 0.358. The van der Waals surface area contributed by atoms with E-state index in [0.717, 1.165) is 36.2 Å². The molecular formula is C18H19N3O2S3. The topological polar surface area (TPSA) is 70.2 Å². The van der Waals surface area contributed by atoms with Gasteiger partial charge in [-0.15, -0.1) is 24.0 Å². The third-order valence-electron chi connectivity index (χ3n) is 4.19. The highest BCUT2D eigenvalue weighted by molar-refractivity contribution is 8.11. The number of thiophene rings is 1. The van der Waals surface area contributed by atoms with Crippen molar-refractivity contribution >= 4 is 57.3 Å². The summed E-state index contributed by atoms with van der Waals surface area (Å²) < 4.78 is 0.198. The first-order valence-electron chi connectivity index (χ1n) is 8.32. The molecule has 3 N–H and O–H groups in total. The van der Waals surface area contributed by atoms with Gasteiger partial charge in [-0.1, -0.05) is 30.4 Å². The van der Waals surface area contributed by atoms with Gasteiger partial charge < -0.3 is 5.32 Å². The van der Waals surface area contributed by atoms with Gasteiger partial charge in [-0.2, -0.15) is 0 Å². The summed E-state index contributed by atoms with van der Waals surface area (Å²) in [6.45, 7) is 0. The van der Waals surface area contributed by atoms with Gasteiger partial charge in [-0.05, 0) is 48.9 Å². The van der Waals surface area contributed by atoms with Gasteiger partial charge in [-0.3, -0.25) is 20.4 Å². The largest absolute Gasteiger partial charge is 0.313 e. The lowest BCUT2D eigenvalue weighted by molar-refractivity contribution is -0.120. The average Bonchev–Trinajstić information content (AvgIpc) is 2.98. The van der Waals surface area contributed by atoms with Crippen LogP contribution in [0.1, 0.15) is 39.2 Å². The van der Waals surface area contributed by atoms with Crippen LogP contribution >= 0.6 is 36.2 Å². The molecule has 0 radical (unpaired) electrons. The number of thiol groups is 1. The number of carbonyl (C=O) groups is 2. The first-order valence-corrected chi connectivity index (χ1v) is 9.99. The standard InChI is InChI=1S/C18H19N3O2S3/c22-15(20-21-18(24)25)10-13-12-8-4-5-9-14(12)26-17(13)19-16(23)11-6-2-1-3-7-11/h1-3,6-7H,4-5,8-10H2,(H,19,23)(H,20,22)(H2,21,24,25). The maximum atomic E-state index is 12.5. The number of hydrogen-bond acceptors (Lipinski definition) is 4. The van der Waals surface area contributed by atoms with Crippen molar-refractivity contribution in [2.75, 3.05) is 5.32 Å². The maximum Gasteiger partial charge on any atom is 0.256 e. The Morgan fingerprint density at radius 2 is 1.85 bits per heavy atom. The molecule has 26 heavy (non-hydrogen) atoms. The molecule has 0 saturated carbocycles. The first-order chi connectivity index (χ1) is 12.5. The Hall–Kier alpha value is -1.90. The lowest BCUT2D eigenvalue weighted by atomic mass is 9.94. The van der Waals surface area contributed by atoms with E-state index >= 15 is 0 Å². The van der Waals surface area contributed by atoms with Crippen LogP contribution in [0.15, 0.2) is 30.3 Å². The molecule has 0 saturated heterocycles. The highest BCUT2D eigenvalue weighted by Crippen LogP contribution is 2.38. The summed E-state index contributed by atoms with van der Waals surface area (Å²) in [5, 5.41) is 3.75. The van der Waals surface area contributed by atoms with Crippen LogP contribution in [0, 0.1) is 0 Å². The minimum Gasteiger partial charge on any atom is -0.313 e. The Balaban J connectivity index is 1.82. The summed E-state index contributed by atoms with van der Waals surface area (Å²) in [4.78, 5) is 26.0. The summed E-state index contributed by atoms with van der Waals surface area (Å²) >= 11 is 10.3. The molecule has 136 valence electrons. The zero-order chi connectivity index (χ0) is 18.5. The number of hydrogen-bond donors (Lipinski definition) is 4. The van der Waals surface area contributed by atoms with Crippen LogP contribution in [0.5, 0.6) is 0 Å². The molecule has 0 fully saturated rings. The molecule has 1 heterocycles. The van der Waals surface area contributed by atoms with E-state index in [1.54, 1.807) is 23.5 Å². The Bertz CT molecular complexity index is 834. The van der Waals surface area contributed by atoms with Crippen LogP contribution in [0.25, 0.3) is 0 Å². The van der Waals surface area contributed by atoms with E-state index in [2.05, 4.69) is 28.8 Å². The summed E-state index contributed by atoms with van der Waals surface area (Å²) in [7, 11) is 0. The molecule has 1 aromatic carbocycles. The summed E-state index contributed by atoms with van der Waals surface area (Å²) in [6, 6.07) is 9.07. The Morgan fingerprint density at radius 1 is 1.12 bits per heavy atom. The zero-order valence-electron chi connectivity index (χ0n) is 14.0. The predicted molar refractivity (Wildman–Crippen MR) is 112 cm³/mol. The third-order valence-corrected chi connectivity index (χ3v) is 5.65. The molecule has 0 atom stereocenters. The highest BCUT2D eigenvalue weighted by Gasteiger charge is 2.23. The second kappa shape index (κ2) is 8.66. The molecule has 0 bridgehead atoms. The van der Waals surface area contributed by atoms with E-state index in [9.17, 15) is 9.59 Å². The van der Waals surface area contributed by atoms with E-state index in [1.807, 2.05) is 18.2 Å². The third kappa shape index (κ3) is 4.63. The second-order valence-electron chi connectivity index (χ2n) is 5.99. The van der Waals surface area contributed by atoms with Crippen molar-refractivity contribution in [1.29, 1.82) is 0 Å². The van der Waals surface area contributed by atoms with Crippen LogP contribution in [0.4, 0.5) is 5.00 Å². The molecule has 0 spiro atoms. The summed E-state index contributed by atoms with van der Waals surface area (Å²) in [6.07, 6.45) is 4.35. The molecule has 8 heteroatoms. The molecule has 5 nitrogen and oxygen atoms in total. The number of carbonyl (C=O) groups excluding carboxylic acids is 2. The molecule has 0 aliphatic heterocycles. The number of nitrogens with one attached hydrogen (secondary N) is 3.